The molecule has 4 rings (SSSR count). The predicted molar refractivity (Wildman–Crippen MR) is 116 cm³/mol. The molecule has 6 heteroatoms. The minimum absolute atomic E-state index is 0.0943. The average molecular weight is 417 g/mol. The van der Waals surface area contributed by atoms with E-state index in [0.717, 1.165) is 54.6 Å². The van der Waals surface area contributed by atoms with Crippen molar-refractivity contribution in [2.24, 2.45) is 0 Å². The van der Waals surface area contributed by atoms with E-state index in [1.54, 1.807) is 0 Å². The lowest BCUT2D eigenvalue weighted by Gasteiger charge is -2.43. The quantitative estimate of drug-likeness (QED) is 0.745. The lowest BCUT2D eigenvalue weighted by atomic mass is 10.0. The van der Waals surface area contributed by atoms with Gasteiger partial charge in [0, 0.05) is 42.4 Å². The van der Waals surface area contributed by atoms with E-state index in [2.05, 4.69) is 30.1 Å². The Labute approximate surface area is 177 Å². The van der Waals surface area contributed by atoms with Crippen LogP contribution < -0.4 is 19.7 Å². The number of para-hydroxylation sites is 1. The Morgan fingerprint density at radius 1 is 1.24 bits per heavy atom. The maximum atomic E-state index is 9.35. The van der Waals surface area contributed by atoms with Crippen LogP contribution in [0.1, 0.15) is 32.3 Å². The second kappa shape index (κ2) is 8.42. The third-order valence-corrected chi connectivity index (χ3v) is 5.80. The van der Waals surface area contributed by atoms with Gasteiger partial charge >= 0.3 is 0 Å². The summed E-state index contributed by atoms with van der Waals surface area (Å²) in [5, 5.41) is 13.6. The Morgan fingerprint density at radius 3 is 2.79 bits per heavy atom. The van der Waals surface area contributed by atoms with E-state index in [9.17, 15) is 5.11 Å². The van der Waals surface area contributed by atoms with Crippen LogP contribution in [0.4, 0.5) is 5.69 Å². The Hall–Kier alpha value is -1.95. The van der Waals surface area contributed by atoms with E-state index in [1.807, 2.05) is 36.4 Å². The van der Waals surface area contributed by atoms with Crippen LogP contribution in [0.3, 0.4) is 0 Å². The smallest absolute Gasteiger partial charge is 0.188 e. The highest BCUT2D eigenvalue weighted by Crippen LogP contribution is 2.42. The molecule has 0 spiro atoms. The molecule has 0 radical (unpaired) electrons. The monoisotopic (exact) mass is 416 g/mol. The van der Waals surface area contributed by atoms with Crippen molar-refractivity contribution in [2.45, 2.75) is 51.0 Å². The Kier molecular flexibility index (Phi) is 5.91. The van der Waals surface area contributed by atoms with Crippen LogP contribution in [-0.2, 0) is 6.42 Å². The summed E-state index contributed by atoms with van der Waals surface area (Å²) in [5.41, 5.74) is 2.03. The van der Waals surface area contributed by atoms with Crippen molar-refractivity contribution in [1.82, 2.24) is 5.32 Å². The topological polar surface area (TPSA) is 54.0 Å². The highest BCUT2D eigenvalue weighted by molar-refractivity contribution is 6.30. The lowest BCUT2D eigenvalue weighted by molar-refractivity contribution is 0.100. The number of halogens is 1. The van der Waals surface area contributed by atoms with Crippen molar-refractivity contribution in [3.05, 3.63) is 53.1 Å². The molecule has 1 fully saturated rings. The number of anilines is 1. The molecule has 0 saturated carbocycles. The van der Waals surface area contributed by atoms with Crippen molar-refractivity contribution in [3.8, 4) is 11.5 Å². The zero-order chi connectivity index (χ0) is 20.4. The highest BCUT2D eigenvalue weighted by atomic mass is 35.5. The van der Waals surface area contributed by atoms with Crippen molar-refractivity contribution in [3.63, 3.8) is 0 Å². The average Bonchev–Trinajstić information content (AvgIpc) is 3.02. The zero-order valence-electron chi connectivity index (χ0n) is 17.0. The minimum atomic E-state index is -0.223. The molecule has 5 nitrogen and oxygen atoms in total. The third-order valence-electron chi connectivity index (χ3n) is 5.54. The Morgan fingerprint density at radius 2 is 2.03 bits per heavy atom. The van der Waals surface area contributed by atoms with Crippen molar-refractivity contribution in [2.75, 3.05) is 24.6 Å². The largest absolute Gasteiger partial charge is 0.483 e. The van der Waals surface area contributed by atoms with E-state index < -0.39 is 0 Å². The van der Waals surface area contributed by atoms with Gasteiger partial charge in [-0.2, -0.15) is 0 Å². The molecule has 29 heavy (non-hydrogen) atoms. The van der Waals surface area contributed by atoms with Crippen LogP contribution in [0.25, 0.3) is 0 Å². The van der Waals surface area contributed by atoms with E-state index in [-0.39, 0.29) is 24.5 Å². The van der Waals surface area contributed by atoms with Gasteiger partial charge in [-0.15, -0.1) is 0 Å². The molecular formula is C23H29ClN2O3. The molecule has 0 amide bonds. The van der Waals surface area contributed by atoms with Gasteiger partial charge in [-0.05, 0) is 57.0 Å². The number of ether oxygens (including phenoxy) is 2. The number of piperazine rings is 1. The fraction of sp³-hybridized carbons (Fsp3) is 0.478. The second-order valence-corrected chi connectivity index (χ2v) is 8.82. The van der Waals surface area contributed by atoms with Gasteiger partial charge in [-0.3, -0.25) is 0 Å². The Bertz CT molecular complexity index is 841. The zero-order valence-corrected chi connectivity index (χ0v) is 17.8. The predicted octanol–water partition coefficient (Wildman–Crippen LogP) is 4.01. The number of benzene rings is 2. The molecule has 2 heterocycles. The molecule has 156 valence electrons. The molecule has 2 aliphatic heterocycles. The Balaban J connectivity index is 1.65. The van der Waals surface area contributed by atoms with Gasteiger partial charge in [0.05, 0.1) is 6.04 Å². The number of nitrogens with one attached hydrogen (secondary N) is 1. The summed E-state index contributed by atoms with van der Waals surface area (Å²) >= 11 is 6.10. The van der Waals surface area contributed by atoms with E-state index >= 15 is 0 Å². The van der Waals surface area contributed by atoms with Crippen LogP contribution in [0.2, 0.25) is 5.02 Å². The number of nitrogens with zero attached hydrogens (tertiary/aromatic N) is 1. The number of aliphatic hydroxyl groups excluding tert-OH is 1. The van der Waals surface area contributed by atoms with Crippen LogP contribution in [0, 0.1) is 0 Å². The highest BCUT2D eigenvalue weighted by Gasteiger charge is 2.36. The molecule has 1 saturated heterocycles. The first kappa shape index (κ1) is 20.3. The molecule has 2 aromatic rings. The van der Waals surface area contributed by atoms with E-state index in [0.29, 0.717) is 0 Å². The molecule has 0 bridgehead atoms. The van der Waals surface area contributed by atoms with Crippen LogP contribution >= 0.6 is 11.6 Å². The van der Waals surface area contributed by atoms with E-state index in [4.69, 9.17) is 21.1 Å². The molecule has 2 unspecified atom stereocenters. The van der Waals surface area contributed by atoms with Crippen molar-refractivity contribution >= 4 is 17.3 Å². The van der Waals surface area contributed by atoms with Gasteiger partial charge in [0.15, 0.2) is 17.7 Å². The lowest BCUT2D eigenvalue weighted by Crippen LogP contribution is -2.60. The molecular weight excluding hydrogens is 388 g/mol. The first-order valence-corrected chi connectivity index (χ1v) is 10.7. The number of hydrogen-bond acceptors (Lipinski definition) is 5. The summed E-state index contributed by atoms with van der Waals surface area (Å²) < 4.78 is 12.8. The fourth-order valence-corrected chi connectivity index (χ4v) is 4.36. The SMILES string of the molecule is CC1(C)Cc2cccc(OC3C(CCCO)NCCN3c3ccc(Cl)cc3)c2O1. The van der Waals surface area contributed by atoms with Crippen molar-refractivity contribution < 1.29 is 14.6 Å². The number of fused-ring (bicyclic) bond motifs is 1. The fourth-order valence-electron chi connectivity index (χ4n) is 4.24. The summed E-state index contributed by atoms with van der Waals surface area (Å²) in [7, 11) is 0. The summed E-state index contributed by atoms with van der Waals surface area (Å²) in [5.74, 6) is 1.62. The van der Waals surface area contributed by atoms with Gasteiger partial charge in [-0.25, -0.2) is 0 Å². The maximum Gasteiger partial charge on any atom is 0.188 e. The van der Waals surface area contributed by atoms with Crippen LogP contribution in [-0.4, -0.2) is 42.7 Å². The normalized spacial score (nSPS) is 22.8. The molecule has 0 aromatic heterocycles. The standard InChI is InChI=1S/C23H29ClN2O3/c1-23(2)15-16-5-3-7-20(21(16)29-23)28-22-19(6-4-14-27)25-12-13-26(22)18-10-8-17(24)9-11-18/h3,5,7-11,19,22,25,27H,4,6,12-15H2,1-2H3. The maximum absolute atomic E-state index is 9.35. The number of aliphatic hydroxyl groups is 1. The van der Waals surface area contributed by atoms with Gasteiger partial charge in [0.25, 0.3) is 0 Å². The van der Waals surface area contributed by atoms with Crippen LogP contribution in [0.5, 0.6) is 11.5 Å². The summed E-state index contributed by atoms with van der Waals surface area (Å²) in [6.07, 6.45) is 2.21. The molecule has 2 atom stereocenters. The third kappa shape index (κ3) is 4.47. The minimum Gasteiger partial charge on any atom is -0.483 e. The first-order chi connectivity index (χ1) is 14.0. The first-order valence-electron chi connectivity index (χ1n) is 10.3. The summed E-state index contributed by atoms with van der Waals surface area (Å²) in [6, 6.07) is 14.1. The van der Waals surface area contributed by atoms with E-state index in [1.165, 1.54) is 5.56 Å². The summed E-state index contributed by atoms with van der Waals surface area (Å²) in [4.78, 5) is 2.27. The van der Waals surface area contributed by atoms with Crippen LogP contribution in [0.15, 0.2) is 42.5 Å². The molecule has 2 N–H and O–H groups in total. The van der Waals surface area contributed by atoms with Gasteiger partial charge in [0.2, 0.25) is 0 Å². The second-order valence-electron chi connectivity index (χ2n) is 8.39. The van der Waals surface area contributed by atoms with Crippen molar-refractivity contribution in [1.29, 1.82) is 0 Å². The van der Waals surface area contributed by atoms with Gasteiger partial charge in [-0.1, -0.05) is 23.7 Å². The van der Waals surface area contributed by atoms with Gasteiger partial charge < -0.3 is 24.8 Å². The van der Waals surface area contributed by atoms with Gasteiger partial charge in [0.1, 0.15) is 5.60 Å². The molecule has 2 aliphatic rings. The number of hydrogen-bond donors (Lipinski definition) is 2. The molecule has 2 aromatic carbocycles. The number of rotatable bonds is 6. The summed E-state index contributed by atoms with van der Waals surface area (Å²) in [6.45, 7) is 6.05. The molecule has 0 aliphatic carbocycles.